The summed E-state index contributed by atoms with van der Waals surface area (Å²) in [6.45, 7) is 4.72. The summed E-state index contributed by atoms with van der Waals surface area (Å²) in [6, 6.07) is 10.5. The molecular formula is C20H21N5. The Bertz CT molecular complexity index is 970. The van der Waals surface area contributed by atoms with E-state index in [-0.39, 0.29) is 0 Å². The molecule has 5 heteroatoms. The Labute approximate surface area is 148 Å². The molecule has 0 aliphatic carbocycles. The van der Waals surface area contributed by atoms with Gasteiger partial charge < -0.3 is 10.2 Å². The predicted molar refractivity (Wildman–Crippen MR) is 102 cm³/mol. The number of nitrogens with one attached hydrogen (secondary N) is 1. The van der Waals surface area contributed by atoms with Crippen molar-refractivity contribution in [3.05, 3.63) is 58.9 Å². The standard InChI is InChI=1S/C20H21N5/c1-13-7-14(2)19-17(8-13)20(16(10-21)12-24-19)23-11-15-5-6-22-18(9-15)25(3)4/h5-9,12H,11H2,1-4H3,(H,23,24). The van der Waals surface area contributed by atoms with E-state index < -0.39 is 0 Å². The highest BCUT2D eigenvalue weighted by Gasteiger charge is 2.11. The lowest BCUT2D eigenvalue weighted by Crippen LogP contribution is -2.11. The molecule has 2 aromatic heterocycles. The smallest absolute Gasteiger partial charge is 0.128 e. The number of hydrogen-bond acceptors (Lipinski definition) is 5. The first-order chi connectivity index (χ1) is 12.0. The lowest BCUT2D eigenvalue weighted by molar-refractivity contribution is 1.04. The quantitative estimate of drug-likeness (QED) is 0.788. The largest absolute Gasteiger partial charge is 0.379 e. The maximum atomic E-state index is 9.48. The Morgan fingerprint density at radius 3 is 2.68 bits per heavy atom. The molecule has 0 atom stereocenters. The molecule has 0 fully saturated rings. The molecule has 0 radical (unpaired) electrons. The van der Waals surface area contributed by atoms with Gasteiger partial charge in [-0.15, -0.1) is 0 Å². The number of rotatable bonds is 4. The second kappa shape index (κ2) is 6.78. The SMILES string of the molecule is Cc1cc(C)c2ncc(C#N)c(NCc3ccnc(N(C)C)c3)c2c1. The van der Waals surface area contributed by atoms with Crippen LogP contribution in [-0.4, -0.2) is 24.1 Å². The highest BCUT2D eigenvalue weighted by molar-refractivity contribution is 5.96. The van der Waals surface area contributed by atoms with Gasteiger partial charge in [0.25, 0.3) is 0 Å². The third-order valence-corrected chi connectivity index (χ3v) is 4.16. The number of aryl methyl sites for hydroxylation is 2. The monoisotopic (exact) mass is 331 g/mol. The van der Waals surface area contributed by atoms with Gasteiger partial charge in [0.05, 0.1) is 16.8 Å². The third kappa shape index (κ3) is 3.38. The van der Waals surface area contributed by atoms with Crippen molar-refractivity contribution >= 4 is 22.4 Å². The zero-order valence-corrected chi connectivity index (χ0v) is 15.0. The predicted octanol–water partition coefficient (Wildman–Crippen LogP) is 3.80. The number of anilines is 2. The van der Waals surface area contributed by atoms with Crippen LogP contribution >= 0.6 is 0 Å². The summed E-state index contributed by atoms with van der Waals surface area (Å²) in [6.07, 6.45) is 3.45. The minimum Gasteiger partial charge on any atom is -0.379 e. The molecule has 3 aromatic rings. The first-order valence-electron chi connectivity index (χ1n) is 8.16. The molecule has 25 heavy (non-hydrogen) atoms. The molecule has 0 saturated heterocycles. The van der Waals surface area contributed by atoms with Crippen LogP contribution in [0.5, 0.6) is 0 Å². The summed E-state index contributed by atoms with van der Waals surface area (Å²) in [5, 5.41) is 13.9. The van der Waals surface area contributed by atoms with Crippen LogP contribution in [0.15, 0.2) is 36.7 Å². The zero-order chi connectivity index (χ0) is 18.0. The van der Waals surface area contributed by atoms with Crippen molar-refractivity contribution < 1.29 is 0 Å². The lowest BCUT2D eigenvalue weighted by Gasteiger charge is -2.15. The van der Waals surface area contributed by atoms with E-state index in [1.807, 2.05) is 38.1 Å². The van der Waals surface area contributed by atoms with Gasteiger partial charge in [-0.3, -0.25) is 4.98 Å². The Hall–Kier alpha value is -3.13. The highest BCUT2D eigenvalue weighted by atomic mass is 15.1. The summed E-state index contributed by atoms with van der Waals surface area (Å²) in [4.78, 5) is 10.8. The average molecular weight is 331 g/mol. The van der Waals surface area contributed by atoms with Crippen molar-refractivity contribution in [3.8, 4) is 6.07 Å². The van der Waals surface area contributed by atoms with E-state index in [1.54, 1.807) is 12.4 Å². The van der Waals surface area contributed by atoms with Crippen molar-refractivity contribution in [1.29, 1.82) is 5.26 Å². The van der Waals surface area contributed by atoms with Crippen molar-refractivity contribution in [2.24, 2.45) is 0 Å². The first kappa shape index (κ1) is 16.7. The Morgan fingerprint density at radius 2 is 1.96 bits per heavy atom. The highest BCUT2D eigenvalue weighted by Crippen LogP contribution is 2.29. The summed E-state index contributed by atoms with van der Waals surface area (Å²) in [5.41, 5.74) is 5.69. The number of fused-ring (bicyclic) bond motifs is 1. The van der Waals surface area contributed by atoms with Gasteiger partial charge in [-0.1, -0.05) is 11.6 Å². The summed E-state index contributed by atoms with van der Waals surface area (Å²) >= 11 is 0. The van der Waals surface area contributed by atoms with Crippen LogP contribution in [0.3, 0.4) is 0 Å². The maximum Gasteiger partial charge on any atom is 0.128 e. The van der Waals surface area contributed by atoms with Gasteiger partial charge >= 0.3 is 0 Å². The van der Waals surface area contributed by atoms with Crippen molar-refractivity contribution in [2.45, 2.75) is 20.4 Å². The van der Waals surface area contributed by atoms with Gasteiger partial charge in [-0.25, -0.2) is 4.98 Å². The van der Waals surface area contributed by atoms with Crippen molar-refractivity contribution in [3.63, 3.8) is 0 Å². The molecule has 0 unspecified atom stereocenters. The van der Waals surface area contributed by atoms with E-state index >= 15 is 0 Å². The number of nitrogens with zero attached hydrogens (tertiary/aromatic N) is 4. The van der Waals surface area contributed by atoms with Gasteiger partial charge in [-0.05, 0) is 43.2 Å². The third-order valence-electron chi connectivity index (χ3n) is 4.16. The fraction of sp³-hybridized carbons (Fsp3) is 0.250. The fourth-order valence-corrected chi connectivity index (χ4v) is 2.94. The molecule has 3 rings (SSSR count). The van der Waals surface area contributed by atoms with Gasteiger partial charge in [0.1, 0.15) is 11.9 Å². The Kier molecular flexibility index (Phi) is 4.53. The fourth-order valence-electron chi connectivity index (χ4n) is 2.94. The molecule has 0 aliphatic rings. The summed E-state index contributed by atoms with van der Waals surface area (Å²) in [7, 11) is 3.94. The van der Waals surface area contributed by atoms with Gasteiger partial charge in [0.15, 0.2) is 0 Å². The number of aromatic nitrogens is 2. The van der Waals surface area contributed by atoms with Crippen LogP contribution in [0, 0.1) is 25.2 Å². The zero-order valence-electron chi connectivity index (χ0n) is 15.0. The van der Waals surface area contributed by atoms with Crippen LogP contribution < -0.4 is 10.2 Å². The molecular weight excluding hydrogens is 310 g/mol. The molecule has 5 nitrogen and oxygen atoms in total. The van der Waals surface area contributed by atoms with Gasteiger partial charge in [0, 0.05) is 38.4 Å². The molecule has 0 spiro atoms. The van der Waals surface area contributed by atoms with Crippen molar-refractivity contribution in [1.82, 2.24) is 9.97 Å². The Morgan fingerprint density at radius 1 is 1.16 bits per heavy atom. The molecule has 1 N–H and O–H groups in total. The minimum atomic E-state index is 0.555. The normalized spacial score (nSPS) is 10.5. The van der Waals surface area contributed by atoms with E-state index in [4.69, 9.17) is 0 Å². The second-order valence-corrected chi connectivity index (χ2v) is 6.41. The van der Waals surface area contributed by atoms with E-state index in [0.717, 1.165) is 39.1 Å². The number of benzene rings is 1. The van der Waals surface area contributed by atoms with E-state index in [2.05, 4.69) is 40.4 Å². The van der Waals surface area contributed by atoms with Crippen LogP contribution in [0.4, 0.5) is 11.5 Å². The Balaban J connectivity index is 2.01. The molecule has 0 amide bonds. The van der Waals surface area contributed by atoms with E-state index in [0.29, 0.717) is 12.1 Å². The number of hydrogen-bond donors (Lipinski definition) is 1. The van der Waals surface area contributed by atoms with Gasteiger partial charge in [0.2, 0.25) is 0 Å². The average Bonchev–Trinajstić information content (AvgIpc) is 2.59. The minimum absolute atomic E-state index is 0.555. The lowest BCUT2D eigenvalue weighted by atomic mass is 10.0. The number of nitriles is 1. The molecule has 0 bridgehead atoms. The molecule has 0 aliphatic heterocycles. The number of pyridine rings is 2. The van der Waals surface area contributed by atoms with E-state index in [1.165, 1.54) is 0 Å². The van der Waals surface area contributed by atoms with Crippen LogP contribution in [0.1, 0.15) is 22.3 Å². The van der Waals surface area contributed by atoms with E-state index in [9.17, 15) is 5.26 Å². The second-order valence-electron chi connectivity index (χ2n) is 6.41. The summed E-state index contributed by atoms with van der Waals surface area (Å²) < 4.78 is 0. The molecule has 126 valence electrons. The molecule has 2 heterocycles. The molecule has 1 aromatic carbocycles. The molecule has 0 saturated carbocycles. The van der Waals surface area contributed by atoms with Crippen LogP contribution in [0.2, 0.25) is 0 Å². The summed E-state index contributed by atoms with van der Waals surface area (Å²) in [5.74, 6) is 0.908. The van der Waals surface area contributed by atoms with Crippen LogP contribution in [-0.2, 0) is 6.54 Å². The van der Waals surface area contributed by atoms with Crippen LogP contribution in [0.25, 0.3) is 10.9 Å². The topological polar surface area (TPSA) is 64.8 Å². The van der Waals surface area contributed by atoms with Crippen molar-refractivity contribution in [2.75, 3.05) is 24.3 Å². The maximum absolute atomic E-state index is 9.48. The van der Waals surface area contributed by atoms with Gasteiger partial charge in [-0.2, -0.15) is 5.26 Å². The first-order valence-corrected chi connectivity index (χ1v) is 8.16.